The summed E-state index contributed by atoms with van der Waals surface area (Å²) in [7, 11) is 0. The molecule has 0 aliphatic heterocycles. The lowest BCUT2D eigenvalue weighted by molar-refractivity contribution is 0.208. The molecule has 1 atom stereocenters. The molecule has 5 nitrogen and oxygen atoms in total. The standard InChI is InChI=1S/C17H14Cl2N4O/c18-12-7-11(8-13(19)9-12)16(24)22-14-3-1-10(2-4-14)15-5-6-21-17(20)23-15/h1-9,16,22,24H,(H2,20,21,23). The van der Waals surface area contributed by atoms with Crippen LogP contribution >= 0.6 is 23.2 Å². The number of nitrogen functional groups attached to an aromatic ring is 1. The van der Waals surface area contributed by atoms with Gasteiger partial charge in [0.2, 0.25) is 5.95 Å². The summed E-state index contributed by atoms with van der Waals surface area (Å²) < 4.78 is 0. The van der Waals surface area contributed by atoms with Gasteiger partial charge in [0, 0.05) is 33.1 Å². The zero-order valence-corrected chi connectivity index (χ0v) is 14.0. The molecule has 24 heavy (non-hydrogen) atoms. The van der Waals surface area contributed by atoms with Crippen molar-refractivity contribution in [3.05, 3.63) is 70.3 Å². The van der Waals surface area contributed by atoms with Crippen LogP contribution in [0.3, 0.4) is 0 Å². The largest absolute Gasteiger partial charge is 0.369 e. The van der Waals surface area contributed by atoms with Gasteiger partial charge in [-0.05, 0) is 36.4 Å². The zero-order valence-electron chi connectivity index (χ0n) is 12.4. The maximum atomic E-state index is 10.3. The number of aromatic nitrogens is 2. The number of halogens is 2. The number of nitrogens with zero attached hydrogens (tertiary/aromatic N) is 2. The first-order valence-corrected chi connectivity index (χ1v) is 7.86. The molecule has 0 aliphatic rings. The van der Waals surface area contributed by atoms with Crippen molar-refractivity contribution in [3.8, 4) is 11.3 Å². The number of nitrogens with one attached hydrogen (secondary N) is 1. The molecule has 0 bridgehead atoms. The van der Waals surface area contributed by atoms with E-state index in [1.54, 1.807) is 30.5 Å². The lowest BCUT2D eigenvalue weighted by atomic mass is 10.1. The Morgan fingerprint density at radius 1 is 1.00 bits per heavy atom. The quantitative estimate of drug-likeness (QED) is 0.609. The number of aliphatic hydroxyl groups excluding tert-OH is 1. The van der Waals surface area contributed by atoms with Crippen molar-refractivity contribution in [1.82, 2.24) is 9.97 Å². The minimum Gasteiger partial charge on any atom is -0.369 e. The summed E-state index contributed by atoms with van der Waals surface area (Å²) in [6.45, 7) is 0. The maximum absolute atomic E-state index is 10.3. The van der Waals surface area contributed by atoms with Gasteiger partial charge in [0.15, 0.2) is 6.23 Å². The lowest BCUT2D eigenvalue weighted by Gasteiger charge is -2.15. The van der Waals surface area contributed by atoms with Crippen molar-refractivity contribution in [2.75, 3.05) is 11.1 Å². The van der Waals surface area contributed by atoms with Crippen molar-refractivity contribution in [1.29, 1.82) is 0 Å². The molecule has 4 N–H and O–H groups in total. The molecule has 0 aliphatic carbocycles. The number of nitrogens with two attached hydrogens (primary N) is 1. The normalized spacial score (nSPS) is 12.0. The fourth-order valence-corrected chi connectivity index (χ4v) is 2.79. The Kier molecular flexibility index (Phi) is 4.85. The van der Waals surface area contributed by atoms with E-state index in [0.717, 1.165) is 16.9 Å². The Morgan fingerprint density at radius 3 is 2.29 bits per heavy atom. The van der Waals surface area contributed by atoms with E-state index in [2.05, 4.69) is 15.3 Å². The van der Waals surface area contributed by atoms with Crippen LogP contribution < -0.4 is 11.1 Å². The maximum Gasteiger partial charge on any atom is 0.220 e. The molecule has 0 fully saturated rings. The fraction of sp³-hybridized carbons (Fsp3) is 0.0588. The van der Waals surface area contributed by atoms with Crippen molar-refractivity contribution in [2.24, 2.45) is 0 Å². The summed E-state index contributed by atoms with van der Waals surface area (Å²) in [6, 6.07) is 14.1. The number of hydrogen-bond acceptors (Lipinski definition) is 5. The van der Waals surface area contributed by atoms with Gasteiger partial charge < -0.3 is 16.2 Å². The molecule has 0 saturated heterocycles. The summed E-state index contributed by atoms with van der Waals surface area (Å²) in [5.74, 6) is 0.225. The molecule has 122 valence electrons. The van der Waals surface area contributed by atoms with E-state index >= 15 is 0 Å². The van der Waals surface area contributed by atoms with Gasteiger partial charge in [-0.3, -0.25) is 0 Å². The second-order valence-corrected chi connectivity index (χ2v) is 6.00. The topological polar surface area (TPSA) is 84.1 Å². The summed E-state index contributed by atoms with van der Waals surface area (Å²) in [5.41, 5.74) is 8.55. The lowest BCUT2D eigenvalue weighted by Crippen LogP contribution is -2.09. The van der Waals surface area contributed by atoms with Crippen LogP contribution in [0.2, 0.25) is 10.0 Å². The number of benzene rings is 2. The van der Waals surface area contributed by atoms with E-state index in [4.69, 9.17) is 28.9 Å². The molecule has 7 heteroatoms. The van der Waals surface area contributed by atoms with Crippen molar-refractivity contribution in [3.63, 3.8) is 0 Å². The zero-order chi connectivity index (χ0) is 17.1. The van der Waals surface area contributed by atoms with E-state index in [1.807, 2.05) is 24.3 Å². The minimum absolute atomic E-state index is 0.225. The van der Waals surface area contributed by atoms with Gasteiger partial charge in [-0.25, -0.2) is 9.97 Å². The molecule has 3 aromatic rings. The number of anilines is 2. The average molecular weight is 361 g/mol. The van der Waals surface area contributed by atoms with Crippen LogP contribution in [0.5, 0.6) is 0 Å². The van der Waals surface area contributed by atoms with Crippen LogP contribution in [0, 0.1) is 0 Å². The Hall–Kier alpha value is -2.34. The van der Waals surface area contributed by atoms with Crippen LogP contribution in [0.25, 0.3) is 11.3 Å². The highest BCUT2D eigenvalue weighted by Gasteiger charge is 2.09. The summed E-state index contributed by atoms with van der Waals surface area (Å²) in [5, 5.41) is 14.2. The van der Waals surface area contributed by atoms with Crippen molar-refractivity contribution in [2.45, 2.75) is 6.23 Å². The third kappa shape index (κ3) is 3.94. The van der Waals surface area contributed by atoms with E-state index in [1.165, 1.54) is 0 Å². The first-order valence-electron chi connectivity index (χ1n) is 7.11. The van der Waals surface area contributed by atoms with Crippen molar-refractivity contribution < 1.29 is 5.11 Å². The van der Waals surface area contributed by atoms with E-state index in [9.17, 15) is 5.11 Å². The summed E-state index contributed by atoms with van der Waals surface area (Å²) in [4.78, 5) is 8.04. The van der Waals surface area contributed by atoms with Gasteiger partial charge in [-0.1, -0.05) is 35.3 Å². The fourth-order valence-electron chi connectivity index (χ4n) is 2.25. The molecule has 1 heterocycles. The molecular weight excluding hydrogens is 347 g/mol. The average Bonchev–Trinajstić information content (AvgIpc) is 2.54. The first-order chi connectivity index (χ1) is 11.5. The molecular formula is C17H14Cl2N4O. The molecule has 1 aromatic heterocycles. The van der Waals surface area contributed by atoms with Crippen LogP contribution in [-0.4, -0.2) is 15.1 Å². The molecule has 0 saturated carbocycles. The molecule has 3 rings (SSSR count). The third-order valence-corrected chi connectivity index (χ3v) is 3.80. The second-order valence-electron chi connectivity index (χ2n) is 5.13. The van der Waals surface area contributed by atoms with Crippen LogP contribution in [-0.2, 0) is 0 Å². The van der Waals surface area contributed by atoms with Crippen molar-refractivity contribution >= 4 is 34.8 Å². The monoisotopic (exact) mass is 360 g/mol. The van der Waals surface area contributed by atoms with Gasteiger partial charge in [0.25, 0.3) is 0 Å². The van der Waals surface area contributed by atoms with E-state index < -0.39 is 6.23 Å². The number of aliphatic hydroxyl groups is 1. The van der Waals surface area contributed by atoms with E-state index in [-0.39, 0.29) is 5.95 Å². The van der Waals surface area contributed by atoms with Crippen LogP contribution in [0.1, 0.15) is 11.8 Å². The summed E-state index contributed by atoms with van der Waals surface area (Å²) >= 11 is 11.9. The number of rotatable bonds is 4. The van der Waals surface area contributed by atoms with Crippen LogP contribution in [0.4, 0.5) is 11.6 Å². The highest BCUT2D eigenvalue weighted by molar-refractivity contribution is 6.34. The molecule has 1 unspecified atom stereocenters. The van der Waals surface area contributed by atoms with Gasteiger partial charge in [-0.2, -0.15) is 0 Å². The predicted octanol–water partition coefficient (Wildman–Crippen LogP) is 4.14. The Morgan fingerprint density at radius 2 is 1.67 bits per heavy atom. The Labute approximate surface area is 149 Å². The Bertz CT molecular complexity index is 835. The predicted molar refractivity (Wildman–Crippen MR) is 96.9 cm³/mol. The van der Waals surface area contributed by atoms with E-state index in [0.29, 0.717) is 15.6 Å². The number of hydrogen-bond donors (Lipinski definition) is 3. The smallest absolute Gasteiger partial charge is 0.220 e. The highest BCUT2D eigenvalue weighted by Crippen LogP contribution is 2.26. The molecule has 0 amide bonds. The summed E-state index contributed by atoms with van der Waals surface area (Å²) in [6.07, 6.45) is 0.679. The van der Waals surface area contributed by atoms with Gasteiger partial charge in [0.05, 0.1) is 5.69 Å². The molecule has 2 aromatic carbocycles. The minimum atomic E-state index is -0.929. The molecule has 0 radical (unpaired) electrons. The third-order valence-electron chi connectivity index (χ3n) is 3.36. The second kappa shape index (κ2) is 7.05. The highest BCUT2D eigenvalue weighted by atomic mass is 35.5. The SMILES string of the molecule is Nc1nccc(-c2ccc(NC(O)c3cc(Cl)cc(Cl)c3)cc2)n1. The van der Waals surface area contributed by atoms with Gasteiger partial charge >= 0.3 is 0 Å². The van der Waals surface area contributed by atoms with Gasteiger partial charge in [-0.15, -0.1) is 0 Å². The van der Waals surface area contributed by atoms with Gasteiger partial charge in [0.1, 0.15) is 0 Å². The molecule has 0 spiro atoms. The first kappa shape index (κ1) is 16.5. The Balaban J connectivity index is 1.76. The van der Waals surface area contributed by atoms with Crippen LogP contribution in [0.15, 0.2) is 54.7 Å².